The van der Waals surface area contributed by atoms with Crippen molar-refractivity contribution in [2.45, 2.75) is 6.54 Å². The fourth-order valence-corrected chi connectivity index (χ4v) is 3.04. The van der Waals surface area contributed by atoms with Crippen LogP contribution in [0.2, 0.25) is 0 Å². The van der Waals surface area contributed by atoms with Gasteiger partial charge in [0.15, 0.2) is 11.5 Å². The Morgan fingerprint density at radius 2 is 2.04 bits per heavy atom. The second-order valence-electron chi connectivity index (χ2n) is 4.77. The lowest BCUT2D eigenvalue weighted by Crippen LogP contribution is -2.14. The van der Waals surface area contributed by atoms with Gasteiger partial charge in [0.05, 0.1) is 15.5 Å². The maximum absolute atomic E-state index is 13.7. The molecular formula is C14H9Br3FN5O. The molecule has 0 aliphatic rings. The highest BCUT2D eigenvalue weighted by atomic mass is 79.9. The third kappa shape index (κ3) is 3.60. The molecule has 0 fully saturated rings. The highest BCUT2D eigenvalue weighted by Crippen LogP contribution is 2.26. The zero-order valence-electron chi connectivity index (χ0n) is 11.9. The summed E-state index contributed by atoms with van der Waals surface area (Å²) in [4.78, 5) is 12.2. The molecule has 0 spiro atoms. The van der Waals surface area contributed by atoms with Crippen LogP contribution in [0, 0.1) is 5.82 Å². The van der Waals surface area contributed by atoms with E-state index in [1.807, 2.05) is 0 Å². The van der Waals surface area contributed by atoms with E-state index in [0.29, 0.717) is 24.9 Å². The van der Waals surface area contributed by atoms with Gasteiger partial charge in [-0.2, -0.15) is 10.2 Å². The van der Waals surface area contributed by atoms with Crippen LogP contribution in [0.1, 0.15) is 16.1 Å². The summed E-state index contributed by atoms with van der Waals surface area (Å²) < 4.78 is 16.9. The van der Waals surface area contributed by atoms with E-state index in [1.165, 1.54) is 10.7 Å². The van der Waals surface area contributed by atoms with Crippen molar-refractivity contribution >= 4 is 59.5 Å². The van der Waals surface area contributed by atoms with Crippen molar-refractivity contribution in [1.82, 2.24) is 20.0 Å². The molecule has 0 saturated heterocycles. The fraction of sp³-hybridized carbons (Fsp3) is 0.0714. The fourth-order valence-electron chi connectivity index (χ4n) is 1.99. The van der Waals surface area contributed by atoms with Gasteiger partial charge in [0.25, 0.3) is 5.91 Å². The number of rotatable bonds is 4. The van der Waals surface area contributed by atoms with E-state index in [4.69, 9.17) is 0 Å². The molecule has 0 unspecified atom stereocenters. The number of nitrogens with zero attached hydrogens (tertiary/aromatic N) is 3. The van der Waals surface area contributed by atoms with E-state index in [2.05, 4.69) is 68.4 Å². The molecule has 2 heterocycles. The lowest BCUT2D eigenvalue weighted by molar-refractivity contribution is 0.102. The molecule has 2 aromatic heterocycles. The molecular weight excluding hydrogens is 513 g/mol. The van der Waals surface area contributed by atoms with E-state index < -0.39 is 5.91 Å². The predicted molar refractivity (Wildman–Crippen MR) is 97.4 cm³/mol. The van der Waals surface area contributed by atoms with Crippen LogP contribution in [0.25, 0.3) is 0 Å². The first kappa shape index (κ1) is 17.3. The van der Waals surface area contributed by atoms with Crippen molar-refractivity contribution in [3.05, 3.63) is 61.1 Å². The summed E-state index contributed by atoms with van der Waals surface area (Å²) in [6, 6.07) is 6.46. The zero-order chi connectivity index (χ0) is 17.3. The maximum atomic E-state index is 13.7. The lowest BCUT2D eigenvalue weighted by atomic mass is 10.2. The highest BCUT2D eigenvalue weighted by molar-refractivity contribution is 9.13. The number of aromatic amines is 1. The minimum absolute atomic E-state index is 0.192. The van der Waals surface area contributed by atoms with Crippen LogP contribution in [0.15, 0.2) is 44.0 Å². The van der Waals surface area contributed by atoms with Crippen molar-refractivity contribution in [3.63, 3.8) is 0 Å². The van der Waals surface area contributed by atoms with Crippen LogP contribution in [0.4, 0.5) is 10.2 Å². The Balaban J connectivity index is 1.78. The van der Waals surface area contributed by atoms with Crippen LogP contribution < -0.4 is 5.32 Å². The van der Waals surface area contributed by atoms with Gasteiger partial charge in [0.1, 0.15) is 10.4 Å². The van der Waals surface area contributed by atoms with Gasteiger partial charge in [-0.15, -0.1) is 0 Å². The molecule has 2 N–H and O–H groups in total. The van der Waals surface area contributed by atoms with Gasteiger partial charge >= 0.3 is 0 Å². The summed E-state index contributed by atoms with van der Waals surface area (Å²) in [5.41, 5.74) is 0.696. The molecule has 3 aromatic rings. The Morgan fingerprint density at radius 1 is 1.29 bits per heavy atom. The molecule has 1 amide bonds. The zero-order valence-corrected chi connectivity index (χ0v) is 16.6. The van der Waals surface area contributed by atoms with Crippen molar-refractivity contribution < 1.29 is 9.18 Å². The molecule has 0 aliphatic heterocycles. The third-order valence-electron chi connectivity index (χ3n) is 3.12. The largest absolute Gasteiger partial charge is 0.303 e. The molecule has 0 aliphatic carbocycles. The van der Waals surface area contributed by atoms with Gasteiger partial charge in [-0.1, -0.05) is 18.2 Å². The summed E-state index contributed by atoms with van der Waals surface area (Å²) in [6.07, 6.45) is 1.66. The quantitative estimate of drug-likeness (QED) is 0.536. The first-order chi connectivity index (χ1) is 11.5. The SMILES string of the molecule is O=C(Nc1nn(Cc2ccccc2F)cc1Br)c1n[nH]c(Br)c1Br. The Kier molecular flexibility index (Phi) is 5.16. The molecule has 124 valence electrons. The van der Waals surface area contributed by atoms with Crippen LogP contribution in [-0.4, -0.2) is 25.9 Å². The van der Waals surface area contributed by atoms with E-state index in [1.54, 1.807) is 24.4 Å². The van der Waals surface area contributed by atoms with Crippen LogP contribution in [-0.2, 0) is 6.54 Å². The summed E-state index contributed by atoms with van der Waals surface area (Å²) in [5.74, 6) is -0.414. The summed E-state index contributed by atoms with van der Waals surface area (Å²) in [7, 11) is 0. The van der Waals surface area contributed by atoms with Crippen molar-refractivity contribution in [3.8, 4) is 0 Å². The average Bonchev–Trinajstić information content (AvgIpc) is 3.05. The second kappa shape index (κ2) is 7.16. The van der Waals surface area contributed by atoms with Gasteiger partial charge in [-0.3, -0.25) is 14.6 Å². The average molecular weight is 522 g/mol. The molecule has 24 heavy (non-hydrogen) atoms. The molecule has 1 aromatic carbocycles. The van der Waals surface area contributed by atoms with E-state index in [-0.39, 0.29) is 18.1 Å². The number of hydrogen-bond acceptors (Lipinski definition) is 3. The summed E-state index contributed by atoms with van der Waals surface area (Å²) in [6.45, 7) is 0.249. The first-order valence-corrected chi connectivity index (χ1v) is 9.00. The molecule has 6 nitrogen and oxygen atoms in total. The van der Waals surface area contributed by atoms with Gasteiger partial charge in [-0.05, 0) is 53.9 Å². The monoisotopic (exact) mass is 519 g/mol. The normalized spacial score (nSPS) is 10.8. The Bertz CT molecular complexity index is 908. The van der Waals surface area contributed by atoms with E-state index in [9.17, 15) is 9.18 Å². The molecule has 0 bridgehead atoms. The lowest BCUT2D eigenvalue weighted by Gasteiger charge is -2.03. The topological polar surface area (TPSA) is 75.6 Å². The number of anilines is 1. The van der Waals surface area contributed by atoms with E-state index in [0.717, 1.165) is 0 Å². The van der Waals surface area contributed by atoms with Crippen LogP contribution >= 0.6 is 47.8 Å². The minimum Gasteiger partial charge on any atom is -0.303 e. The summed E-state index contributed by atoms with van der Waals surface area (Å²) >= 11 is 9.82. The Morgan fingerprint density at radius 3 is 2.71 bits per heavy atom. The number of aromatic nitrogens is 4. The maximum Gasteiger partial charge on any atom is 0.278 e. The summed E-state index contributed by atoms with van der Waals surface area (Å²) in [5, 5.41) is 13.5. The van der Waals surface area contributed by atoms with Gasteiger partial charge < -0.3 is 5.32 Å². The third-order valence-corrected chi connectivity index (χ3v) is 5.58. The van der Waals surface area contributed by atoms with Crippen molar-refractivity contribution in [2.24, 2.45) is 0 Å². The minimum atomic E-state index is -0.430. The number of H-pyrrole nitrogens is 1. The number of carbonyl (C=O) groups is 1. The van der Waals surface area contributed by atoms with Crippen molar-refractivity contribution in [1.29, 1.82) is 0 Å². The molecule has 0 saturated carbocycles. The van der Waals surface area contributed by atoms with Gasteiger partial charge in [0.2, 0.25) is 0 Å². The second-order valence-corrected chi connectivity index (χ2v) is 7.21. The van der Waals surface area contributed by atoms with Crippen LogP contribution in [0.5, 0.6) is 0 Å². The highest BCUT2D eigenvalue weighted by Gasteiger charge is 2.19. The van der Waals surface area contributed by atoms with Crippen molar-refractivity contribution in [2.75, 3.05) is 5.32 Å². The number of benzene rings is 1. The van der Waals surface area contributed by atoms with E-state index >= 15 is 0 Å². The number of halogens is 4. The number of hydrogen-bond donors (Lipinski definition) is 2. The number of amides is 1. The number of carbonyl (C=O) groups excluding carboxylic acids is 1. The Labute approximate surface area is 161 Å². The van der Waals surface area contributed by atoms with Crippen LogP contribution in [0.3, 0.4) is 0 Å². The standard InChI is InChI=1S/C14H9Br3FN5O/c15-8-6-23(5-7-3-1-2-4-9(7)18)22-13(8)19-14(24)11-10(16)12(17)21-20-11/h1-4,6H,5H2,(H,20,21)(H,19,22,24). The van der Waals surface area contributed by atoms with Gasteiger partial charge in [-0.25, -0.2) is 4.39 Å². The first-order valence-electron chi connectivity index (χ1n) is 6.62. The van der Waals surface area contributed by atoms with Gasteiger partial charge in [0, 0.05) is 11.8 Å². The Hall–Kier alpha value is -1.52. The molecule has 3 rings (SSSR count). The smallest absolute Gasteiger partial charge is 0.278 e. The number of nitrogens with one attached hydrogen (secondary N) is 2. The molecule has 10 heteroatoms. The molecule has 0 radical (unpaired) electrons. The molecule has 0 atom stereocenters. The predicted octanol–water partition coefficient (Wildman–Crippen LogP) is 4.33.